The van der Waals surface area contributed by atoms with E-state index in [4.69, 9.17) is 4.42 Å². The smallest absolute Gasteiger partial charge is 0.290 e. The molecule has 8 heteroatoms. The standard InChI is InChI=1S/C22H20FNO5S/c1-14-2-7-20-18(10-14)19(25)11-21(29-20)22(26)24(17-8-9-30(27,28)13-17)12-15-3-5-16(23)6-4-15/h2-7,10-11,17H,8-9,12-13H2,1H3/t17-/m0/s1. The first kappa shape index (κ1) is 20.3. The van der Waals surface area contributed by atoms with Crippen molar-refractivity contribution in [3.05, 3.63) is 81.5 Å². The zero-order valence-corrected chi connectivity index (χ0v) is 17.1. The molecule has 3 aromatic rings. The predicted octanol–water partition coefficient (Wildman–Crippen LogP) is 3.07. The number of hydrogen-bond acceptors (Lipinski definition) is 5. The quantitative estimate of drug-likeness (QED) is 0.636. The van der Waals surface area contributed by atoms with Crippen LogP contribution in [-0.4, -0.2) is 36.8 Å². The van der Waals surface area contributed by atoms with Gasteiger partial charge < -0.3 is 9.32 Å². The molecule has 1 atom stereocenters. The van der Waals surface area contributed by atoms with E-state index in [1.807, 2.05) is 6.92 Å². The Bertz CT molecular complexity index is 1280. The molecular weight excluding hydrogens is 409 g/mol. The van der Waals surface area contributed by atoms with Crippen molar-refractivity contribution in [3.63, 3.8) is 0 Å². The first-order valence-corrected chi connectivity index (χ1v) is 11.3. The molecule has 1 amide bonds. The molecule has 2 heterocycles. The van der Waals surface area contributed by atoms with Gasteiger partial charge in [0, 0.05) is 18.7 Å². The molecule has 6 nitrogen and oxygen atoms in total. The summed E-state index contributed by atoms with van der Waals surface area (Å²) in [6, 6.07) is 11.3. The Morgan fingerprint density at radius 2 is 1.90 bits per heavy atom. The third-order valence-corrected chi connectivity index (χ3v) is 7.02. The largest absolute Gasteiger partial charge is 0.451 e. The highest BCUT2D eigenvalue weighted by atomic mass is 32.2. The molecule has 0 saturated carbocycles. The predicted molar refractivity (Wildman–Crippen MR) is 111 cm³/mol. The minimum Gasteiger partial charge on any atom is -0.451 e. The average Bonchev–Trinajstić information content (AvgIpc) is 3.07. The van der Waals surface area contributed by atoms with Crippen molar-refractivity contribution in [2.75, 3.05) is 11.5 Å². The number of rotatable bonds is 4. The highest BCUT2D eigenvalue weighted by Gasteiger charge is 2.36. The lowest BCUT2D eigenvalue weighted by Gasteiger charge is -2.28. The summed E-state index contributed by atoms with van der Waals surface area (Å²) >= 11 is 0. The van der Waals surface area contributed by atoms with Crippen LogP contribution >= 0.6 is 0 Å². The van der Waals surface area contributed by atoms with Crippen LogP contribution in [0.5, 0.6) is 0 Å². The van der Waals surface area contributed by atoms with E-state index in [0.29, 0.717) is 17.4 Å². The Morgan fingerprint density at radius 3 is 2.57 bits per heavy atom. The molecule has 1 aliphatic heterocycles. The SMILES string of the molecule is Cc1ccc2oc(C(=O)N(Cc3ccc(F)cc3)[C@H]3CCS(=O)(=O)C3)cc(=O)c2c1. The fraction of sp³-hybridized carbons (Fsp3) is 0.273. The van der Waals surface area contributed by atoms with Crippen molar-refractivity contribution in [1.82, 2.24) is 4.90 Å². The van der Waals surface area contributed by atoms with Gasteiger partial charge in [0.05, 0.1) is 16.9 Å². The highest BCUT2D eigenvalue weighted by molar-refractivity contribution is 7.91. The van der Waals surface area contributed by atoms with Gasteiger partial charge in [-0.3, -0.25) is 9.59 Å². The molecule has 0 aliphatic carbocycles. The highest BCUT2D eigenvalue weighted by Crippen LogP contribution is 2.23. The van der Waals surface area contributed by atoms with E-state index >= 15 is 0 Å². The van der Waals surface area contributed by atoms with Crippen molar-refractivity contribution >= 4 is 26.7 Å². The molecule has 0 bridgehead atoms. The van der Waals surface area contributed by atoms with Gasteiger partial charge >= 0.3 is 0 Å². The Morgan fingerprint density at radius 1 is 1.17 bits per heavy atom. The van der Waals surface area contributed by atoms with Crippen LogP contribution in [-0.2, 0) is 16.4 Å². The average molecular weight is 429 g/mol. The normalized spacial score (nSPS) is 17.9. The number of amides is 1. The summed E-state index contributed by atoms with van der Waals surface area (Å²) in [7, 11) is -3.25. The number of carbonyl (C=O) groups is 1. The van der Waals surface area contributed by atoms with E-state index in [2.05, 4.69) is 0 Å². The van der Waals surface area contributed by atoms with Crippen molar-refractivity contribution in [1.29, 1.82) is 0 Å². The lowest BCUT2D eigenvalue weighted by molar-refractivity contribution is 0.0648. The third-order valence-electron chi connectivity index (χ3n) is 5.27. The molecule has 0 unspecified atom stereocenters. The lowest BCUT2D eigenvalue weighted by Crippen LogP contribution is -2.40. The van der Waals surface area contributed by atoms with Crippen LogP contribution in [0.3, 0.4) is 0 Å². The van der Waals surface area contributed by atoms with Crippen LogP contribution in [0.15, 0.2) is 57.7 Å². The monoisotopic (exact) mass is 429 g/mol. The maximum absolute atomic E-state index is 13.3. The number of sulfone groups is 1. The minimum atomic E-state index is -3.25. The van der Waals surface area contributed by atoms with Gasteiger partial charge in [-0.25, -0.2) is 12.8 Å². The summed E-state index contributed by atoms with van der Waals surface area (Å²) in [5.41, 5.74) is 1.48. The third kappa shape index (κ3) is 4.14. The molecule has 0 spiro atoms. The molecular formula is C22H20FNO5S. The first-order valence-electron chi connectivity index (χ1n) is 9.52. The van der Waals surface area contributed by atoms with Gasteiger partial charge in [-0.05, 0) is 43.2 Å². The number of carbonyl (C=O) groups excluding carboxylic acids is 1. The zero-order chi connectivity index (χ0) is 21.5. The van der Waals surface area contributed by atoms with Crippen molar-refractivity contribution in [2.24, 2.45) is 0 Å². The fourth-order valence-corrected chi connectivity index (χ4v) is 5.42. The second-order valence-electron chi connectivity index (χ2n) is 7.59. The Kier molecular flexibility index (Phi) is 5.19. The molecule has 0 radical (unpaired) electrons. The van der Waals surface area contributed by atoms with Gasteiger partial charge in [-0.2, -0.15) is 0 Å². The molecule has 30 heavy (non-hydrogen) atoms. The van der Waals surface area contributed by atoms with Gasteiger partial charge in [0.1, 0.15) is 11.4 Å². The topological polar surface area (TPSA) is 84.7 Å². The zero-order valence-electron chi connectivity index (χ0n) is 16.3. The van der Waals surface area contributed by atoms with Crippen LogP contribution in [0.1, 0.15) is 28.1 Å². The molecule has 0 N–H and O–H groups in total. The van der Waals surface area contributed by atoms with Crippen molar-refractivity contribution < 1.29 is 22.0 Å². The number of aryl methyl sites for hydroxylation is 1. The second-order valence-corrected chi connectivity index (χ2v) is 9.82. The van der Waals surface area contributed by atoms with E-state index in [1.165, 1.54) is 17.0 Å². The number of benzene rings is 2. The molecule has 156 valence electrons. The van der Waals surface area contributed by atoms with Crippen LogP contribution in [0.25, 0.3) is 11.0 Å². The fourth-order valence-electron chi connectivity index (χ4n) is 3.69. The van der Waals surface area contributed by atoms with Crippen LogP contribution < -0.4 is 5.43 Å². The summed E-state index contributed by atoms with van der Waals surface area (Å²) in [5.74, 6) is -1.29. The van der Waals surface area contributed by atoms with Gasteiger partial charge in [-0.1, -0.05) is 23.8 Å². The maximum Gasteiger partial charge on any atom is 0.290 e. The van der Waals surface area contributed by atoms with Gasteiger partial charge in [-0.15, -0.1) is 0 Å². The molecule has 2 aromatic carbocycles. The van der Waals surface area contributed by atoms with Crippen LogP contribution in [0.4, 0.5) is 4.39 Å². The number of nitrogens with zero attached hydrogens (tertiary/aromatic N) is 1. The number of halogens is 1. The maximum atomic E-state index is 13.3. The second kappa shape index (κ2) is 7.68. The lowest BCUT2D eigenvalue weighted by atomic mass is 10.1. The van der Waals surface area contributed by atoms with E-state index in [-0.39, 0.29) is 34.8 Å². The molecule has 4 rings (SSSR count). The van der Waals surface area contributed by atoms with E-state index in [1.54, 1.807) is 30.3 Å². The van der Waals surface area contributed by atoms with E-state index < -0.39 is 27.6 Å². The summed E-state index contributed by atoms with van der Waals surface area (Å²) in [6.45, 7) is 1.93. The Labute approximate surface area is 172 Å². The summed E-state index contributed by atoms with van der Waals surface area (Å²) in [5, 5.41) is 0.375. The Hall–Kier alpha value is -3.00. The van der Waals surface area contributed by atoms with E-state index in [0.717, 1.165) is 11.6 Å². The number of fused-ring (bicyclic) bond motifs is 1. The molecule has 1 aromatic heterocycles. The summed E-state index contributed by atoms with van der Waals surface area (Å²) < 4.78 is 43.0. The summed E-state index contributed by atoms with van der Waals surface area (Å²) in [6.07, 6.45) is 0.298. The Balaban J connectivity index is 1.73. The van der Waals surface area contributed by atoms with Gasteiger partial charge in [0.2, 0.25) is 0 Å². The molecule has 1 fully saturated rings. The van der Waals surface area contributed by atoms with Gasteiger partial charge in [0.25, 0.3) is 5.91 Å². The van der Waals surface area contributed by atoms with Crippen molar-refractivity contribution in [2.45, 2.75) is 25.9 Å². The number of hydrogen-bond donors (Lipinski definition) is 0. The summed E-state index contributed by atoms with van der Waals surface area (Å²) in [4.78, 5) is 27.2. The van der Waals surface area contributed by atoms with Crippen LogP contribution in [0, 0.1) is 12.7 Å². The van der Waals surface area contributed by atoms with Gasteiger partial charge in [0.15, 0.2) is 21.0 Å². The van der Waals surface area contributed by atoms with E-state index in [9.17, 15) is 22.4 Å². The van der Waals surface area contributed by atoms with Crippen LogP contribution in [0.2, 0.25) is 0 Å². The first-order chi connectivity index (χ1) is 14.2. The molecule has 1 aliphatic rings. The van der Waals surface area contributed by atoms with Crippen molar-refractivity contribution in [3.8, 4) is 0 Å². The molecule has 1 saturated heterocycles. The minimum absolute atomic E-state index is 0.00812.